The van der Waals surface area contributed by atoms with E-state index in [0.717, 1.165) is 4.31 Å². The number of benzene rings is 1. The van der Waals surface area contributed by atoms with Crippen LogP contribution in [0.2, 0.25) is 0 Å². The number of aliphatic hydroxyl groups excluding tert-OH is 1. The minimum atomic E-state index is -3.95. The Hall–Kier alpha value is -2.37. The predicted molar refractivity (Wildman–Crippen MR) is 75.1 cm³/mol. The van der Waals surface area contributed by atoms with Gasteiger partial charge < -0.3 is 5.11 Å². The fraction of sp³-hybridized carbons (Fsp3) is 0.286. The Morgan fingerprint density at radius 1 is 1.24 bits per heavy atom. The molecule has 0 radical (unpaired) electrons. The van der Waals surface area contributed by atoms with E-state index in [1.54, 1.807) is 31.2 Å². The molecule has 108 valence electrons. The number of aliphatic hydroxyl groups is 1. The van der Waals surface area contributed by atoms with Crippen molar-refractivity contribution >= 4 is 10.0 Å². The summed E-state index contributed by atoms with van der Waals surface area (Å²) in [4.78, 5) is -0.00209. The van der Waals surface area contributed by atoms with Crippen LogP contribution in [0, 0.1) is 41.4 Å². The van der Waals surface area contributed by atoms with E-state index in [9.17, 15) is 8.42 Å². The lowest BCUT2D eigenvalue weighted by molar-refractivity contribution is 0.350. The first-order valence-corrected chi connectivity index (χ1v) is 7.35. The Morgan fingerprint density at radius 3 is 2.38 bits per heavy atom. The number of aryl methyl sites for hydroxylation is 1. The van der Waals surface area contributed by atoms with E-state index < -0.39 is 23.1 Å². The Labute approximate surface area is 123 Å². The highest BCUT2D eigenvalue weighted by Gasteiger charge is 2.25. The summed E-state index contributed by atoms with van der Waals surface area (Å²) >= 11 is 0. The monoisotopic (exact) mass is 303 g/mol. The number of hydrogen-bond acceptors (Lipinski definition) is 5. The number of sulfonamides is 1. The normalized spacial score (nSPS) is 10.3. The van der Waals surface area contributed by atoms with Crippen LogP contribution in [0.25, 0.3) is 0 Å². The number of rotatable bonds is 4. The SMILES string of the molecule is Cc1ccc(C#CCO)cc1S(=O)(=O)N(CC#N)CC#N. The zero-order valence-corrected chi connectivity index (χ0v) is 12.2. The smallest absolute Gasteiger partial charge is 0.245 e. The van der Waals surface area contributed by atoms with Crippen LogP contribution in [0.4, 0.5) is 0 Å². The minimum absolute atomic E-state index is 0.00209. The molecule has 0 heterocycles. The van der Waals surface area contributed by atoms with Crippen LogP contribution in [-0.4, -0.2) is 37.5 Å². The van der Waals surface area contributed by atoms with E-state index >= 15 is 0 Å². The van der Waals surface area contributed by atoms with Gasteiger partial charge in [-0.3, -0.25) is 0 Å². The summed E-state index contributed by atoms with van der Waals surface area (Å²) in [5.74, 6) is 5.06. The van der Waals surface area contributed by atoms with E-state index in [1.165, 1.54) is 6.07 Å². The summed E-state index contributed by atoms with van der Waals surface area (Å²) in [5.41, 5.74) is 0.924. The third-order valence-corrected chi connectivity index (χ3v) is 4.55. The lowest BCUT2D eigenvalue weighted by Gasteiger charge is -2.17. The first kappa shape index (κ1) is 16.7. The molecule has 0 bridgehead atoms. The highest BCUT2D eigenvalue weighted by molar-refractivity contribution is 7.89. The van der Waals surface area contributed by atoms with E-state index in [2.05, 4.69) is 11.8 Å². The van der Waals surface area contributed by atoms with Gasteiger partial charge in [-0.2, -0.15) is 14.8 Å². The van der Waals surface area contributed by atoms with Crippen LogP contribution < -0.4 is 0 Å². The second-order valence-corrected chi connectivity index (χ2v) is 5.94. The van der Waals surface area contributed by atoms with Gasteiger partial charge in [-0.25, -0.2) is 8.42 Å². The van der Waals surface area contributed by atoms with Gasteiger partial charge in [0.1, 0.15) is 19.7 Å². The fourth-order valence-corrected chi connectivity index (χ4v) is 3.10. The Morgan fingerprint density at radius 2 is 1.86 bits per heavy atom. The van der Waals surface area contributed by atoms with E-state index in [4.69, 9.17) is 15.6 Å². The molecule has 6 nitrogen and oxygen atoms in total. The molecule has 0 fully saturated rings. The van der Waals surface area contributed by atoms with Crippen molar-refractivity contribution in [3.05, 3.63) is 29.3 Å². The molecule has 0 atom stereocenters. The van der Waals surface area contributed by atoms with Crippen LogP contribution in [-0.2, 0) is 10.0 Å². The molecule has 0 spiro atoms. The number of nitriles is 2. The van der Waals surface area contributed by atoms with Gasteiger partial charge in [0.2, 0.25) is 10.0 Å². The maximum absolute atomic E-state index is 12.5. The van der Waals surface area contributed by atoms with Gasteiger partial charge in [0, 0.05) is 5.56 Å². The van der Waals surface area contributed by atoms with Crippen LogP contribution in [0.3, 0.4) is 0 Å². The lowest BCUT2D eigenvalue weighted by atomic mass is 10.1. The largest absolute Gasteiger partial charge is 0.384 e. The molecule has 1 rings (SSSR count). The fourth-order valence-electron chi connectivity index (χ4n) is 1.62. The predicted octanol–water partition coefficient (Wildman–Crippen LogP) is 0.377. The van der Waals surface area contributed by atoms with Gasteiger partial charge in [-0.1, -0.05) is 17.9 Å². The average molecular weight is 303 g/mol. The molecule has 1 aromatic rings. The number of hydrogen-bond donors (Lipinski definition) is 1. The Bertz CT molecular complexity index is 745. The highest BCUT2D eigenvalue weighted by Crippen LogP contribution is 2.21. The van der Waals surface area contributed by atoms with Crippen LogP contribution in [0.1, 0.15) is 11.1 Å². The third kappa shape index (κ3) is 4.05. The lowest BCUT2D eigenvalue weighted by Crippen LogP contribution is -2.32. The van der Waals surface area contributed by atoms with Crippen molar-refractivity contribution in [1.29, 1.82) is 10.5 Å². The average Bonchev–Trinajstić information content (AvgIpc) is 2.46. The molecule has 0 saturated heterocycles. The highest BCUT2D eigenvalue weighted by atomic mass is 32.2. The van der Waals surface area contributed by atoms with Gasteiger partial charge >= 0.3 is 0 Å². The number of nitrogens with zero attached hydrogens (tertiary/aromatic N) is 3. The summed E-state index contributed by atoms with van der Waals surface area (Å²) in [6.45, 7) is 0.488. The summed E-state index contributed by atoms with van der Waals surface area (Å²) < 4.78 is 25.8. The van der Waals surface area contributed by atoms with Gasteiger partial charge in [-0.05, 0) is 24.6 Å². The minimum Gasteiger partial charge on any atom is -0.384 e. The van der Waals surface area contributed by atoms with Gasteiger partial charge in [-0.15, -0.1) is 0 Å². The van der Waals surface area contributed by atoms with Crippen molar-refractivity contribution in [3.8, 4) is 24.0 Å². The van der Waals surface area contributed by atoms with Crippen molar-refractivity contribution < 1.29 is 13.5 Å². The van der Waals surface area contributed by atoms with Crippen molar-refractivity contribution in [2.24, 2.45) is 0 Å². The molecule has 0 amide bonds. The molecular weight excluding hydrogens is 290 g/mol. The molecule has 21 heavy (non-hydrogen) atoms. The molecule has 0 saturated carbocycles. The van der Waals surface area contributed by atoms with Crippen molar-refractivity contribution in [1.82, 2.24) is 4.31 Å². The van der Waals surface area contributed by atoms with Crippen molar-refractivity contribution in [2.45, 2.75) is 11.8 Å². The van der Waals surface area contributed by atoms with Gasteiger partial charge in [0.05, 0.1) is 17.0 Å². The maximum atomic E-state index is 12.5. The third-order valence-electron chi connectivity index (χ3n) is 2.61. The van der Waals surface area contributed by atoms with Crippen molar-refractivity contribution in [3.63, 3.8) is 0 Å². The Balaban J connectivity index is 3.36. The van der Waals surface area contributed by atoms with Gasteiger partial charge in [0.15, 0.2) is 0 Å². The first-order valence-electron chi connectivity index (χ1n) is 5.91. The molecule has 0 unspecified atom stereocenters. The molecule has 0 aliphatic rings. The van der Waals surface area contributed by atoms with E-state index in [-0.39, 0.29) is 11.5 Å². The van der Waals surface area contributed by atoms with Crippen molar-refractivity contribution in [2.75, 3.05) is 19.7 Å². The quantitative estimate of drug-likeness (QED) is 0.639. The Kier molecular flexibility index (Phi) is 5.90. The summed E-state index contributed by atoms with van der Waals surface area (Å²) in [5, 5.41) is 26.1. The molecule has 1 N–H and O–H groups in total. The van der Waals surface area contributed by atoms with Crippen LogP contribution in [0.15, 0.2) is 23.1 Å². The molecule has 0 aliphatic heterocycles. The van der Waals surface area contributed by atoms with E-state index in [0.29, 0.717) is 11.1 Å². The molecular formula is C14H13N3O3S. The summed E-state index contributed by atoms with van der Waals surface area (Å²) in [7, 11) is -3.95. The van der Waals surface area contributed by atoms with E-state index in [1.807, 2.05) is 0 Å². The zero-order chi connectivity index (χ0) is 15.9. The second kappa shape index (κ2) is 7.42. The standard InChI is InChI=1S/C14H13N3O3S/c1-12-4-5-13(3-2-10-18)11-14(12)21(19,20)17(8-6-15)9-7-16/h4-5,11,18H,8-10H2,1H3. The summed E-state index contributed by atoms with van der Waals surface area (Å²) in [6, 6.07) is 8.06. The molecule has 1 aromatic carbocycles. The molecule has 0 aromatic heterocycles. The van der Waals surface area contributed by atoms with Crippen LogP contribution in [0.5, 0.6) is 0 Å². The van der Waals surface area contributed by atoms with Gasteiger partial charge in [0.25, 0.3) is 0 Å². The molecule has 7 heteroatoms. The maximum Gasteiger partial charge on any atom is 0.245 e. The second-order valence-electron chi connectivity index (χ2n) is 4.03. The zero-order valence-electron chi connectivity index (χ0n) is 11.4. The first-order chi connectivity index (χ1) is 9.97. The summed E-state index contributed by atoms with van der Waals surface area (Å²) in [6.07, 6.45) is 0. The topological polar surface area (TPSA) is 105 Å². The van der Waals surface area contributed by atoms with Crippen LogP contribution >= 0.6 is 0 Å². The molecule has 0 aliphatic carbocycles.